The highest BCUT2D eigenvalue weighted by atomic mass is 35.5. The van der Waals surface area contributed by atoms with Crippen LogP contribution in [0.25, 0.3) is 0 Å². The number of hydrogen-bond acceptors (Lipinski definition) is 4. The monoisotopic (exact) mass is 512 g/mol. The first-order valence-corrected chi connectivity index (χ1v) is 13.5. The van der Waals surface area contributed by atoms with E-state index in [1.54, 1.807) is 47.4 Å². The third-order valence-electron chi connectivity index (χ3n) is 6.21. The zero-order valence-corrected chi connectivity index (χ0v) is 21.4. The standard InChI is InChI=1S/C26H29ClN4O3S/c1-3-20-11-13-22(14-12-20)35(33,34)30-17-15-21(16-18-30)31(25-10-6-7-19(2)28-25)26(32)29-24-9-5-4-8-23(24)27/h4-14,21H,3,15-18H2,1-2H3,(H,29,32). The molecule has 4 rings (SSSR count). The van der Waals surface area contributed by atoms with E-state index in [-0.39, 0.29) is 12.1 Å². The number of hydrogen-bond donors (Lipinski definition) is 1. The largest absolute Gasteiger partial charge is 0.327 e. The van der Waals surface area contributed by atoms with Crippen LogP contribution in [0.2, 0.25) is 5.02 Å². The number of aryl methyl sites for hydroxylation is 2. The van der Waals surface area contributed by atoms with Gasteiger partial charge < -0.3 is 5.32 Å². The first-order chi connectivity index (χ1) is 16.8. The fourth-order valence-electron chi connectivity index (χ4n) is 4.24. The van der Waals surface area contributed by atoms with Crippen molar-refractivity contribution in [3.05, 3.63) is 83.0 Å². The summed E-state index contributed by atoms with van der Waals surface area (Å²) in [5.41, 5.74) is 2.38. The maximum Gasteiger partial charge on any atom is 0.327 e. The van der Waals surface area contributed by atoms with Gasteiger partial charge in [-0.15, -0.1) is 0 Å². The number of urea groups is 1. The Morgan fingerprint density at radius 3 is 2.37 bits per heavy atom. The molecule has 1 saturated heterocycles. The van der Waals surface area contributed by atoms with Crippen LogP contribution in [-0.4, -0.2) is 42.9 Å². The molecule has 0 radical (unpaired) electrons. The molecule has 1 aromatic heterocycles. The Morgan fingerprint density at radius 1 is 1.06 bits per heavy atom. The smallest absolute Gasteiger partial charge is 0.306 e. The van der Waals surface area contributed by atoms with Crippen molar-refractivity contribution >= 4 is 39.2 Å². The SMILES string of the molecule is CCc1ccc(S(=O)(=O)N2CCC(N(C(=O)Nc3ccccc3Cl)c3cccc(C)n3)CC2)cc1. The van der Waals surface area contributed by atoms with Crippen LogP contribution in [0.5, 0.6) is 0 Å². The lowest BCUT2D eigenvalue weighted by Crippen LogP contribution is -2.50. The Hall–Kier alpha value is -2.94. The van der Waals surface area contributed by atoms with Crippen molar-refractivity contribution in [3.8, 4) is 0 Å². The molecule has 35 heavy (non-hydrogen) atoms. The second-order valence-electron chi connectivity index (χ2n) is 8.55. The summed E-state index contributed by atoms with van der Waals surface area (Å²) in [5.74, 6) is 0.519. The summed E-state index contributed by atoms with van der Waals surface area (Å²) in [7, 11) is -3.60. The lowest BCUT2D eigenvalue weighted by molar-refractivity contribution is 0.248. The number of aromatic nitrogens is 1. The quantitative estimate of drug-likeness (QED) is 0.473. The molecule has 1 aliphatic heterocycles. The molecular formula is C26H29ClN4O3S. The average molecular weight is 513 g/mol. The minimum absolute atomic E-state index is 0.222. The van der Waals surface area contributed by atoms with Crippen LogP contribution in [-0.2, 0) is 16.4 Å². The summed E-state index contributed by atoms with van der Waals surface area (Å²) in [5, 5.41) is 3.32. The number of piperidine rings is 1. The first kappa shape index (κ1) is 25.2. The van der Waals surface area contributed by atoms with Gasteiger partial charge in [-0.25, -0.2) is 18.2 Å². The molecule has 184 valence electrons. The Morgan fingerprint density at radius 2 is 1.74 bits per heavy atom. The van der Waals surface area contributed by atoms with E-state index in [9.17, 15) is 13.2 Å². The molecule has 3 aromatic rings. The zero-order chi connectivity index (χ0) is 25.0. The van der Waals surface area contributed by atoms with Gasteiger partial charge in [0.05, 0.1) is 15.6 Å². The van der Waals surface area contributed by atoms with Crippen molar-refractivity contribution in [2.24, 2.45) is 0 Å². The van der Waals surface area contributed by atoms with E-state index in [2.05, 4.69) is 10.3 Å². The second-order valence-corrected chi connectivity index (χ2v) is 10.9. The summed E-state index contributed by atoms with van der Waals surface area (Å²) < 4.78 is 27.9. The molecule has 1 N–H and O–H groups in total. The molecule has 2 amide bonds. The molecule has 2 aromatic carbocycles. The predicted molar refractivity (Wildman–Crippen MR) is 140 cm³/mol. The maximum absolute atomic E-state index is 13.4. The number of para-hydroxylation sites is 1. The molecule has 0 saturated carbocycles. The minimum Gasteiger partial charge on any atom is -0.306 e. The second kappa shape index (κ2) is 10.8. The van der Waals surface area contributed by atoms with E-state index < -0.39 is 10.0 Å². The van der Waals surface area contributed by atoms with Gasteiger partial charge in [0.25, 0.3) is 0 Å². The highest BCUT2D eigenvalue weighted by Gasteiger charge is 2.34. The van der Waals surface area contributed by atoms with E-state index in [4.69, 9.17) is 11.6 Å². The Kier molecular flexibility index (Phi) is 7.74. The molecule has 2 heterocycles. The van der Waals surface area contributed by atoms with Gasteiger partial charge in [0.1, 0.15) is 5.82 Å². The van der Waals surface area contributed by atoms with Gasteiger partial charge in [-0.2, -0.15) is 4.31 Å². The predicted octanol–water partition coefficient (Wildman–Crippen LogP) is 5.50. The number of anilines is 2. The third kappa shape index (κ3) is 5.66. The molecule has 1 fully saturated rings. The molecule has 7 nitrogen and oxygen atoms in total. The van der Waals surface area contributed by atoms with Crippen LogP contribution in [0.3, 0.4) is 0 Å². The number of rotatable bonds is 6. The molecule has 0 aliphatic carbocycles. The lowest BCUT2D eigenvalue weighted by Gasteiger charge is -2.37. The summed E-state index contributed by atoms with van der Waals surface area (Å²) in [6.45, 7) is 4.52. The normalized spacial score (nSPS) is 15.1. The van der Waals surface area contributed by atoms with Crippen molar-refractivity contribution < 1.29 is 13.2 Å². The number of pyridine rings is 1. The van der Waals surface area contributed by atoms with Crippen LogP contribution in [0.4, 0.5) is 16.3 Å². The molecule has 9 heteroatoms. The van der Waals surface area contributed by atoms with Gasteiger partial charge in [-0.1, -0.05) is 48.9 Å². The zero-order valence-electron chi connectivity index (χ0n) is 19.8. The van der Waals surface area contributed by atoms with Gasteiger partial charge in [0, 0.05) is 24.8 Å². The number of halogens is 1. The minimum atomic E-state index is -3.60. The molecule has 0 bridgehead atoms. The lowest BCUT2D eigenvalue weighted by atomic mass is 10.0. The van der Waals surface area contributed by atoms with Crippen molar-refractivity contribution in [1.82, 2.24) is 9.29 Å². The number of benzene rings is 2. The maximum atomic E-state index is 13.4. The molecule has 0 unspecified atom stereocenters. The van der Waals surface area contributed by atoms with Gasteiger partial charge in [0.15, 0.2) is 0 Å². The van der Waals surface area contributed by atoms with E-state index in [0.29, 0.717) is 47.4 Å². The van der Waals surface area contributed by atoms with E-state index in [1.165, 1.54) is 4.31 Å². The number of nitrogens with one attached hydrogen (secondary N) is 1. The van der Waals surface area contributed by atoms with Gasteiger partial charge in [0.2, 0.25) is 10.0 Å². The third-order valence-corrected chi connectivity index (χ3v) is 8.46. The summed E-state index contributed by atoms with van der Waals surface area (Å²) in [6, 6.07) is 19.0. The Labute approximate surface area is 211 Å². The molecular weight excluding hydrogens is 484 g/mol. The van der Waals surface area contributed by atoms with Crippen LogP contribution in [0.15, 0.2) is 71.6 Å². The summed E-state index contributed by atoms with van der Waals surface area (Å²) in [6.07, 6.45) is 1.82. The number of amides is 2. The van der Waals surface area contributed by atoms with Crippen molar-refractivity contribution in [1.29, 1.82) is 0 Å². The fraction of sp³-hybridized carbons (Fsp3) is 0.308. The van der Waals surface area contributed by atoms with Crippen molar-refractivity contribution in [3.63, 3.8) is 0 Å². The highest BCUT2D eigenvalue weighted by Crippen LogP contribution is 2.28. The average Bonchev–Trinajstić information content (AvgIpc) is 2.86. The van der Waals surface area contributed by atoms with Gasteiger partial charge in [-0.05, 0) is 68.1 Å². The topological polar surface area (TPSA) is 82.6 Å². The number of carbonyl (C=O) groups excluding carboxylic acids is 1. The number of sulfonamides is 1. The van der Waals surface area contributed by atoms with Crippen LogP contribution < -0.4 is 10.2 Å². The molecule has 0 atom stereocenters. The van der Waals surface area contributed by atoms with Crippen LogP contribution >= 0.6 is 11.6 Å². The fourth-order valence-corrected chi connectivity index (χ4v) is 5.90. The van der Waals surface area contributed by atoms with Crippen molar-refractivity contribution in [2.45, 2.75) is 44.0 Å². The van der Waals surface area contributed by atoms with E-state index in [1.807, 2.05) is 38.1 Å². The number of carbonyl (C=O) groups is 1. The first-order valence-electron chi connectivity index (χ1n) is 11.7. The van der Waals surface area contributed by atoms with E-state index in [0.717, 1.165) is 17.7 Å². The molecule has 0 spiro atoms. The van der Waals surface area contributed by atoms with Crippen LogP contribution in [0.1, 0.15) is 31.0 Å². The number of nitrogens with zero attached hydrogens (tertiary/aromatic N) is 3. The van der Waals surface area contributed by atoms with Crippen LogP contribution in [0, 0.1) is 6.92 Å². The highest BCUT2D eigenvalue weighted by molar-refractivity contribution is 7.89. The Bertz CT molecular complexity index is 1290. The van der Waals surface area contributed by atoms with E-state index >= 15 is 0 Å². The summed E-state index contributed by atoms with van der Waals surface area (Å²) >= 11 is 6.25. The van der Waals surface area contributed by atoms with Crippen molar-refractivity contribution in [2.75, 3.05) is 23.3 Å². The summed E-state index contributed by atoms with van der Waals surface area (Å²) in [4.78, 5) is 19.9. The Balaban J connectivity index is 1.54. The van der Waals surface area contributed by atoms with Gasteiger partial charge in [-0.3, -0.25) is 4.90 Å². The van der Waals surface area contributed by atoms with Gasteiger partial charge >= 0.3 is 6.03 Å². The molecule has 1 aliphatic rings.